The van der Waals surface area contributed by atoms with Crippen molar-refractivity contribution in [3.63, 3.8) is 0 Å². The molecule has 0 saturated carbocycles. The zero-order chi connectivity index (χ0) is 19.2. The molecule has 26 heavy (non-hydrogen) atoms. The molecule has 0 aromatic carbocycles. The molecule has 0 aromatic heterocycles. The third-order valence-corrected chi connectivity index (χ3v) is 6.51. The lowest BCUT2D eigenvalue weighted by atomic mass is 9.97. The van der Waals surface area contributed by atoms with E-state index in [2.05, 4.69) is 41.3 Å². The van der Waals surface area contributed by atoms with Gasteiger partial charge in [-0.25, -0.2) is 9.59 Å². The summed E-state index contributed by atoms with van der Waals surface area (Å²) in [6.45, 7) is 0. The number of aliphatic hydroxyl groups is 2. The fourth-order valence-electron chi connectivity index (χ4n) is 3.45. The lowest BCUT2D eigenvalue weighted by molar-refractivity contribution is -0.138. The number of carbonyl (C=O) groups excluding carboxylic acids is 2. The molecule has 0 unspecified atom stereocenters. The van der Waals surface area contributed by atoms with E-state index >= 15 is 0 Å². The van der Waals surface area contributed by atoms with Crippen molar-refractivity contribution in [3.05, 3.63) is 20.1 Å². The van der Waals surface area contributed by atoms with Crippen LogP contribution >= 0.6 is 31.9 Å². The van der Waals surface area contributed by atoms with Gasteiger partial charge < -0.3 is 29.2 Å². The maximum atomic E-state index is 11.3. The summed E-state index contributed by atoms with van der Waals surface area (Å²) in [6, 6.07) is 0. The van der Waals surface area contributed by atoms with Crippen LogP contribution in [0.25, 0.3) is 0 Å². The fraction of sp³-hybridized carbons (Fsp3) is 0.625. The van der Waals surface area contributed by atoms with Crippen molar-refractivity contribution in [2.45, 2.75) is 49.5 Å². The molecule has 144 valence electrons. The Balaban J connectivity index is 0.000000151. The van der Waals surface area contributed by atoms with Gasteiger partial charge in [0, 0.05) is 21.8 Å². The van der Waals surface area contributed by atoms with E-state index in [-0.39, 0.29) is 24.3 Å². The van der Waals surface area contributed by atoms with Crippen LogP contribution in [0.4, 0.5) is 0 Å². The zero-order valence-corrected chi connectivity index (χ0v) is 17.2. The van der Waals surface area contributed by atoms with Crippen LogP contribution in [0.1, 0.15) is 12.8 Å². The summed E-state index contributed by atoms with van der Waals surface area (Å²) < 4.78 is 21.3. The summed E-state index contributed by atoms with van der Waals surface area (Å²) in [5.41, 5.74) is 0.934. The van der Waals surface area contributed by atoms with Crippen molar-refractivity contribution < 1.29 is 38.7 Å². The first kappa shape index (κ1) is 20.0. The number of rotatable bonds is 2. The number of carbonyl (C=O) groups is 2. The van der Waals surface area contributed by atoms with Gasteiger partial charge in [0.1, 0.15) is 12.2 Å². The Hall–Kier alpha value is -0.780. The monoisotopic (exact) mass is 496 g/mol. The van der Waals surface area contributed by atoms with Gasteiger partial charge in [-0.15, -0.1) is 0 Å². The molecule has 6 atom stereocenters. The summed E-state index contributed by atoms with van der Waals surface area (Å²) in [5.74, 6) is -0.815. The SMILES string of the molecule is COC(=O)C1=C(Br)[C@@H]2C[C@@H](O)[C@H]1O2.COC(=O)C1=C(Br)[C@H]2O[C@@H]1C[C@@H]2O. The lowest BCUT2D eigenvalue weighted by Crippen LogP contribution is -2.28. The molecule has 8 nitrogen and oxygen atoms in total. The highest BCUT2D eigenvalue weighted by molar-refractivity contribution is 9.12. The zero-order valence-electron chi connectivity index (χ0n) is 14.0. The van der Waals surface area contributed by atoms with Crippen molar-refractivity contribution in [2.75, 3.05) is 14.2 Å². The largest absolute Gasteiger partial charge is 0.466 e. The Kier molecular flexibility index (Phi) is 5.90. The molecule has 0 spiro atoms. The Morgan fingerprint density at radius 1 is 0.885 bits per heavy atom. The van der Waals surface area contributed by atoms with Gasteiger partial charge in [0.2, 0.25) is 0 Å². The van der Waals surface area contributed by atoms with Crippen LogP contribution in [0.5, 0.6) is 0 Å². The van der Waals surface area contributed by atoms with E-state index in [0.29, 0.717) is 28.5 Å². The van der Waals surface area contributed by atoms with Crippen LogP contribution in [0.3, 0.4) is 0 Å². The highest BCUT2D eigenvalue weighted by Gasteiger charge is 2.49. The van der Waals surface area contributed by atoms with Crippen molar-refractivity contribution in [1.82, 2.24) is 0 Å². The molecular weight excluding hydrogens is 480 g/mol. The van der Waals surface area contributed by atoms with E-state index in [1.807, 2.05) is 0 Å². The Bertz CT molecular complexity index is 688. The van der Waals surface area contributed by atoms with Crippen molar-refractivity contribution in [2.24, 2.45) is 0 Å². The minimum Gasteiger partial charge on any atom is -0.466 e. The Labute approximate surface area is 166 Å². The topological polar surface area (TPSA) is 112 Å². The maximum Gasteiger partial charge on any atom is 0.337 e. The average Bonchev–Trinajstić information content (AvgIpc) is 3.33. The molecule has 4 aliphatic rings. The molecule has 0 aliphatic carbocycles. The maximum absolute atomic E-state index is 11.3. The molecule has 0 amide bonds. The van der Waals surface area contributed by atoms with Crippen molar-refractivity contribution >= 4 is 43.8 Å². The summed E-state index contributed by atoms with van der Waals surface area (Å²) in [7, 11) is 2.64. The van der Waals surface area contributed by atoms with Crippen LogP contribution in [0.15, 0.2) is 20.1 Å². The second kappa shape index (κ2) is 7.69. The number of fused-ring (bicyclic) bond motifs is 4. The molecule has 4 aliphatic heterocycles. The molecule has 4 bridgehead atoms. The number of hydrogen-bond acceptors (Lipinski definition) is 8. The van der Waals surface area contributed by atoms with Crippen LogP contribution in [-0.2, 0) is 28.5 Å². The fourth-order valence-corrected chi connectivity index (χ4v) is 4.96. The highest BCUT2D eigenvalue weighted by Crippen LogP contribution is 2.43. The van der Waals surface area contributed by atoms with Gasteiger partial charge in [0.15, 0.2) is 0 Å². The smallest absolute Gasteiger partial charge is 0.337 e. The van der Waals surface area contributed by atoms with Crippen molar-refractivity contribution in [3.8, 4) is 0 Å². The average molecular weight is 498 g/mol. The number of aliphatic hydroxyl groups excluding tert-OH is 2. The van der Waals surface area contributed by atoms with Gasteiger partial charge in [-0.05, 0) is 0 Å². The van der Waals surface area contributed by atoms with E-state index in [1.165, 1.54) is 14.2 Å². The van der Waals surface area contributed by atoms with E-state index in [9.17, 15) is 19.8 Å². The molecule has 10 heteroatoms. The second-order valence-corrected chi connectivity index (χ2v) is 7.91. The molecule has 4 heterocycles. The quantitative estimate of drug-likeness (QED) is 0.536. The predicted molar refractivity (Wildman–Crippen MR) is 94.5 cm³/mol. The first-order valence-electron chi connectivity index (χ1n) is 7.92. The number of methoxy groups -OCH3 is 2. The Morgan fingerprint density at radius 2 is 1.38 bits per heavy atom. The van der Waals surface area contributed by atoms with Crippen LogP contribution in [0, 0.1) is 0 Å². The van der Waals surface area contributed by atoms with Gasteiger partial charge in [0.05, 0.1) is 49.8 Å². The number of halogens is 2. The summed E-state index contributed by atoms with van der Waals surface area (Å²) in [4.78, 5) is 22.5. The standard InChI is InChI=1S/2C8H9BrO4/c1-12-8(11)5-6(9)4-2-3(10)7(5)13-4;1-12-8(11)5-4-2-3(10)7(13-4)6(5)9/h2*3-4,7,10H,2H2,1H3/t2*3-,4+,7-/m10/s1. The molecular formula is C16H18Br2O8. The van der Waals surface area contributed by atoms with Gasteiger partial charge in [-0.2, -0.15) is 0 Å². The molecule has 2 fully saturated rings. The first-order chi connectivity index (χ1) is 12.3. The van der Waals surface area contributed by atoms with E-state index in [1.54, 1.807) is 0 Å². The summed E-state index contributed by atoms with van der Waals surface area (Å²) >= 11 is 6.51. The van der Waals surface area contributed by atoms with E-state index in [0.717, 1.165) is 4.48 Å². The molecule has 4 rings (SSSR count). The minimum atomic E-state index is -0.583. The second-order valence-electron chi connectivity index (χ2n) is 6.20. The third-order valence-electron chi connectivity index (χ3n) is 4.70. The van der Waals surface area contributed by atoms with Crippen molar-refractivity contribution in [1.29, 1.82) is 0 Å². The van der Waals surface area contributed by atoms with Crippen LogP contribution in [-0.4, -0.2) is 73.0 Å². The molecule has 0 aromatic rings. The van der Waals surface area contributed by atoms with E-state index < -0.39 is 24.3 Å². The lowest BCUT2D eigenvalue weighted by Gasteiger charge is -2.15. The number of hydrogen-bond donors (Lipinski definition) is 2. The summed E-state index contributed by atoms with van der Waals surface area (Å²) in [6.07, 6.45) is -1.43. The van der Waals surface area contributed by atoms with Gasteiger partial charge in [-0.1, -0.05) is 31.9 Å². The van der Waals surface area contributed by atoms with Gasteiger partial charge in [0.25, 0.3) is 0 Å². The molecule has 2 N–H and O–H groups in total. The van der Waals surface area contributed by atoms with Gasteiger partial charge in [-0.3, -0.25) is 0 Å². The van der Waals surface area contributed by atoms with Crippen LogP contribution < -0.4 is 0 Å². The number of esters is 2. The molecule has 2 saturated heterocycles. The highest BCUT2D eigenvalue weighted by atomic mass is 79.9. The predicted octanol–water partition coefficient (Wildman–Crippen LogP) is 0.681. The van der Waals surface area contributed by atoms with Crippen LogP contribution in [0.2, 0.25) is 0 Å². The third kappa shape index (κ3) is 3.27. The van der Waals surface area contributed by atoms with Gasteiger partial charge >= 0.3 is 11.9 Å². The van der Waals surface area contributed by atoms with E-state index in [4.69, 9.17) is 9.47 Å². The number of ether oxygens (including phenoxy) is 4. The Morgan fingerprint density at radius 3 is 1.88 bits per heavy atom. The summed E-state index contributed by atoms with van der Waals surface area (Å²) in [5, 5.41) is 18.9. The minimum absolute atomic E-state index is 0.172. The molecule has 0 radical (unpaired) electrons. The normalized spacial score (nSPS) is 37.0. The first-order valence-corrected chi connectivity index (χ1v) is 9.51.